The van der Waals surface area contributed by atoms with Crippen LogP contribution in [-0.4, -0.2) is 29.2 Å². The molecule has 0 atom stereocenters. The maximum Gasteiger partial charge on any atom is 0.271 e. The van der Waals surface area contributed by atoms with Crippen molar-refractivity contribution in [2.75, 3.05) is 12.4 Å². The van der Waals surface area contributed by atoms with Crippen molar-refractivity contribution in [2.24, 2.45) is 0 Å². The molecule has 3 N–H and O–H groups in total. The van der Waals surface area contributed by atoms with Crippen LogP contribution in [0.4, 0.5) is 5.69 Å². The van der Waals surface area contributed by atoms with E-state index in [1.165, 1.54) is 0 Å². The molecule has 0 bridgehead atoms. The number of benzene rings is 1. The number of amides is 1. The number of carbonyl (C=O) groups excluding carboxylic acids is 1. The van der Waals surface area contributed by atoms with E-state index in [1.54, 1.807) is 7.05 Å². The molecular weight excluding hydrogens is 240 g/mol. The van der Waals surface area contributed by atoms with E-state index in [4.69, 9.17) is 0 Å². The van der Waals surface area contributed by atoms with Crippen LogP contribution in [0, 0.1) is 0 Å². The Bertz CT molecular complexity index is 560. The molecule has 19 heavy (non-hydrogen) atoms. The van der Waals surface area contributed by atoms with Gasteiger partial charge in [-0.05, 0) is 13.8 Å². The van der Waals surface area contributed by atoms with Crippen molar-refractivity contribution in [3.05, 3.63) is 36.0 Å². The molecule has 0 aliphatic rings. The van der Waals surface area contributed by atoms with Gasteiger partial charge in [-0.25, -0.2) is 0 Å². The average Bonchev–Trinajstić information content (AvgIpc) is 2.82. The Hall–Kier alpha value is -2.30. The van der Waals surface area contributed by atoms with Gasteiger partial charge in [-0.15, -0.1) is 0 Å². The molecule has 0 aliphatic carbocycles. The summed E-state index contributed by atoms with van der Waals surface area (Å²) in [5.41, 5.74) is 2.88. The summed E-state index contributed by atoms with van der Waals surface area (Å²) in [5.74, 6) is -0.158. The molecule has 5 nitrogen and oxygen atoms in total. The summed E-state index contributed by atoms with van der Waals surface area (Å²) >= 11 is 0. The van der Waals surface area contributed by atoms with Gasteiger partial charge in [0, 0.05) is 18.7 Å². The number of anilines is 1. The van der Waals surface area contributed by atoms with Crippen molar-refractivity contribution >= 4 is 11.6 Å². The SMILES string of the molecule is CNc1c(-c2ccccc2)n[nH]c1C(=O)NC(C)C. The molecule has 0 saturated heterocycles. The van der Waals surface area contributed by atoms with Crippen LogP contribution in [0.2, 0.25) is 0 Å². The van der Waals surface area contributed by atoms with Gasteiger partial charge in [0.1, 0.15) is 11.4 Å². The lowest BCUT2D eigenvalue weighted by Crippen LogP contribution is -2.30. The third-order valence-corrected chi connectivity index (χ3v) is 2.71. The van der Waals surface area contributed by atoms with Crippen LogP contribution in [0.3, 0.4) is 0 Å². The number of nitrogens with zero attached hydrogens (tertiary/aromatic N) is 1. The second-order valence-electron chi connectivity index (χ2n) is 4.57. The molecule has 0 saturated carbocycles. The molecule has 5 heteroatoms. The fourth-order valence-corrected chi connectivity index (χ4v) is 1.89. The molecule has 1 amide bonds. The van der Waals surface area contributed by atoms with E-state index < -0.39 is 0 Å². The van der Waals surface area contributed by atoms with Crippen LogP contribution >= 0.6 is 0 Å². The first-order chi connectivity index (χ1) is 9.13. The molecule has 0 aliphatic heterocycles. The number of H-pyrrole nitrogens is 1. The molecule has 1 heterocycles. The number of hydrogen-bond acceptors (Lipinski definition) is 3. The van der Waals surface area contributed by atoms with Crippen molar-refractivity contribution in [2.45, 2.75) is 19.9 Å². The molecule has 2 aromatic rings. The Morgan fingerprint density at radius 3 is 2.53 bits per heavy atom. The number of carbonyl (C=O) groups is 1. The molecule has 1 aromatic heterocycles. The Morgan fingerprint density at radius 2 is 1.95 bits per heavy atom. The predicted molar refractivity (Wildman–Crippen MR) is 76.2 cm³/mol. The number of aromatic nitrogens is 2. The Labute approximate surface area is 112 Å². The maximum atomic E-state index is 12.1. The zero-order valence-electron chi connectivity index (χ0n) is 11.3. The highest BCUT2D eigenvalue weighted by atomic mass is 16.2. The van der Waals surface area contributed by atoms with Crippen LogP contribution in [0.15, 0.2) is 30.3 Å². The predicted octanol–water partition coefficient (Wildman–Crippen LogP) is 2.26. The first-order valence-corrected chi connectivity index (χ1v) is 6.26. The van der Waals surface area contributed by atoms with E-state index in [-0.39, 0.29) is 11.9 Å². The third-order valence-electron chi connectivity index (χ3n) is 2.71. The summed E-state index contributed by atoms with van der Waals surface area (Å²) in [6, 6.07) is 9.83. The van der Waals surface area contributed by atoms with E-state index in [9.17, 15) is 4.79 Å². The maximum absolute atomic E-state index is 12.1. The topological polar surface area (TPSA) is 69.8 Å². The first-order valence-electron chi connectivity index (χ1n) is 6.26. The highest BCUT2D eigenvalue weighted by Gasteiger charge is 2.19. The second-order valence-corrected chi connectivity index (χ2v) is 4.57. The van der Waals surface area contributed by atoms with E-state index in [0.29, 0.717) is 11.4 Å². The largest absolute Gasteiger partial charge is 0.384 e. The van der Waals surface area contributed by atoms with Crippen molar-refractivity contribution < 1.29 is 4.79 Å². The minimum absolute atomic E-state index is 0.0840. The van der Waals surface area contributed by atoms with Crippen LogP contribution in [0.1, 0.15) is 24.3 Å². The third kappa shape index (κ3) is 2.76. The van der Waals surface area contributed by atoms with Gasteiger partial charge in [-0.2, -0.15) is 5.10 Å². The van der Waals surface area contributed by atoms with Gasteiger partial charge in [0.15, 0.2) is 0 Å². The number of aromatic amines is 1. The van der Waals surface area contributed by atoms with Crippen molar-refractivity contribution in [3.8, 4) is 11.3 Å². The Balaban J connectivity index is 2.39. The molecule has 1 aromatic carbocycles. The zero-order chi connectivity index (χ0) is 13.8. The van der Waals surface area contributed by atoms with Crippen LogP contribution < -0.4 is 10.6 Å². The fraction of sp³-hybridized carbons (Fsp3) is 0.286. The van der Waals surface area contributed by atoms with Crippen LogP contribution in [0.5, 0.6) is 0 Å². The zero-order valence-corrected chi connectivity index (χ0v) is 11.3. The van der Waals surface area contributed by atoms with E-state index in [1.807, 2.05) is 44.2 Å². The lowest BCUT2D eigenvalue weighted by molar-refractivity contribution is 0.0939. The normalized spacial score (nSPS) is 10.5. The van der Waals surface area contributed by atoms with Gasteiger partial charge in [0.2, 0.25) is 0 Å². The van der Waals surface area contributed by atoms with Crippen molar-refractivity contribution in [1.29, 1.82) is 0 Å². The number of nitrogens with one attached hydrogen (secondary N) is 3. The summed E-state index contributed by atoms with van der Waals surface area (Å²) in [6.45, 7) is 3.84. The molecule has 2 rings (SSSR count). The molecule has 0 radical (unpaired) electrons. The van der Waals surface area contributed by atoms with Gasteiger partial charge < -0.3 is 10.6 Å². The molecule has 0 fully saturated rings. The standard InChI is InChI=1S/C14H18N4O/c1-9(2)16-14(19)13-12(15-3)11(17-18-13)10-7-5-4-6-8-10/h4-9,15H,1-3H3,(H,16,19)(H,17,18). The lowest BCUT2D eigenvalue weighted by atomic mass is 10.1. The van der Waals surface area contributed by atoms with Gasteiger partial charge in [0.05, 0.1) is 5.69 Å². The minimum Gasteiger partial charge on any atom is -0.384 e. The van der Waals surface area contributed by atoms with E-state index in [0.717, 1.165) is 11.3 Å². The summed E-state index contributed by atoms with van der Waals surface area (Å²) in [4.78, 5) is 12.1. The Kier molecular flexibility index (Phi) is 3.85. The van der Waals surface area contributed by atoms with Crippen molar-refractivity contribution in [3.63, 3.8) is 0 Å². The van der Waals surface area contributed by atoms with Crippen molar-refractivity contribution in [1.82, 2.24) is 15.5 Å². The van der Waals surface area contributed by atoms with Gasteiger partial charge in [-0.1, -0.05) is 30.3 Å². The second kappa shape index (κ2) is 5.56. The summed E-state index contributed by atoms with van der Waals surface area (Å²) in [5, 5.41) is 12.9. The van der Waals surface area contributed by atoms with Gasteiger partial charge in [0.25, 0.3) is 5.91 Å². The van der Waals surface area contributed by atoms with E-state index in [2.05, 4.69) is 20.8 Å². The first kappa shape index (κ1) is 13.1. The van der Waals surface area contributed by atoms with Gasteiger partial charge in [-0.3, -0.25) is 9.89 Å². The summed E-state index contributed by atoms with van der Waals surface area (Å²) < 4.78 is 0. The summed E-state index contributed by atoms with van der Waals surface area (Å²) in [7, 11) is 1.78. The van der Waals surface area contributed by atoms with Crippen LogP contribution in [-0.2, 0) is 0 Å². The van der Waals surface area contributed by atoms with Gasteiger partial charge >= 0.3 is 0 Å². The Morgan fingerprint density at radius 1 is 1.26 bits per heavy atom. The van der Waals surface area contributed by atoms with E-state index >= 15 is 0 Å². The smallest absolute Gasteiger partial charge is 0.271 e. The molecular formula is C14H18N4O. The highest BCUT2D eigenvalue weighted by Crippen LogP contribution is 2.28. The molecule has 0 spiro atoms. The average molecular weight is 258 g/mol. The highest BCUT2D eigenvalue weighted by molar-refractivity contribution is 6.01. The molecule has 100 valence electrons. The summed E-state index contributed by atoms with van der Waals surface area (Å²) in [6.07, 6.45) is 0. The van der Waals surface area contributed by atoms with Crippen LogP contribution in [0.25, 0.3) is 11.3 Å². The fourth-order valence-electron chi connectivity index (χ4n) is 1.89. The monoisotopic (exact) mass is 258 g/mol. The number of rotatable bonds is 4. The quantitative estimate of drug-likeness (QED) is 0.787. The minimum atomic E-state index is -0.158. The number of hydrogen-bond donors (Lipinski definition) is 3. The lowest BCUT2D eigenvalue weighted by Gasteiger charge is -2.08. The molecule has 0 unspecified atom stereocenters.